The molecule has 0 aliphatic carbocycles. The molecular formula is C19H14ClN3O2. The maximum Gasteiger partial charge on any atom is 0.267 e. The van der Waals surface area contributed by atoms with E-state index < -0.39 is 0 Å². The van der Waals surface area contributed by atoms with E-state index in [-0.39, 0.29) is 18.0 Å². The summed E-state index contributed by atoms with van der Waals surface area (Å²) in [5.41, 5.74) is 2.58. The highest BCUT2D eigenvalue weighted by molar-refractivity contribution is 6.31. The number of carbonyl (C=O) groups is 1. The molecule has 1 amide bonds. The molecule has 2 heterocycles. The Morgan fingerprint density at radius 2 is 1.84 bits per heavy atom. The number of aromatic amines is 2. The average Bonchev–Trinajstić information content (AvgIpc) is 3.02. The second-order valence-corrected chi connectivity index (χ2v) is 6.24. The third kappa shape index (κ3) is 3.02. The van der Waals surface area contributed by atoms with Gasteiger partial charge in [0.25, 0.3) is 5.91 Å². The molecule has 0 saturated heterocycles. The molecule has 2 aromatic heterocycles. The largest absolute Gasteiger partial charge is 0.350 e. The number of fused-ring (bicyclic) bond motifs is 2. The molecule has 4 rings (SSSR count). The van der Waals surface area contributed by atoms with Gasteiger partial charge in [-0.2, -0.15) is 0 Å². The van der Waals surface area contributed by atoms with Gasteiger partial charge in [-0.15, -0.1) is 0 Å². The van der Waals surface area contributed by atoms with E-state index in [1.165, 1.54) is 6.07 Å². The zero-order valence-corrected chi connectivity index (χ0v) is 13.9. The van der Waals surface area contributed by atoms with Crippen LogP contribution in [-0.4, -0.2) is 15.9 Å². The number of para-hydroxylation sites is 1. The molecule has 25 heavy (non-hydrogen) atoms. The van der Waals surface area contributed by atoms with Gasteiger partial charge in [0, 0.05) is 39.4 Å². The smallest absolute Gasteiger partial charge is 0.267 e. The number of carbonyl (C=O) groups excluding carboxylic acids is 1. The topological polar surface area (TPSA) is 77.8 Å². The number of hydrogen-bond acceptors (Lipinski definition) is 2. The van der Waals surface area contributed by atoms with Crippen molar-refractivity contribution in [2.75, 3.05) is 0 Å². The van der Waals surface area contributed by atoms with Crippen LogP contribution in [0.15, 0.2) is 59.4 Å². The summed E-state index contributed by atoms with van der Waals surface area (Å²) < 4.78 is 0. The summed E-state index contributed by atoms with van der Waals surface area (Å²) >= 11 is 5.97. The van der Waals surface area contributed by atoms with Crippen molar-refractivity contribution in [2.24, 2.45) is 0 Å². The van der Waals surface area contributed by atoms with Gasteiger partial charge in [-0.05, 0) is 29.8 Å². The fraction of sp³-hybridized carbons (Fsp3) is 0.0526. The number of benzene rings is 2. The summed E-state index contributed by atoms with van der Waals surface area (Å²) in [6, 6.07) is 16.2. The Morgan fingerprint density at radius 3 is 2.72 bits per heavy atom. The lowest BCUT2D eigenvalue weighted by Crippen LogP contribution is -2.24. The highest BCUT2D eigenvalue weighted by Gasteiger charge is 2.11. The number of H-pyrrole nitrogens is 2. The predicted octanol–water partition coefficient (Wildman–Crippen LogP) is 3.59. The molecule has 0 saturated carbocycles. The van der Waals surface area contributed by atoms with Crippen molar-refractivity contribution in [1.82, 2.24) is 15.3 Å². The highest BCUT2D eigenvalue weighted by Crippen LogP contribution is 2.20. The normalized spacial score (nSPS) is 11.1. The molecule has 124 valence electrons. The van der Waals surface area contributed by atoms with Gasteiger partial charge in [-0.1, -0.05) is 35.9 Å². The van der Waals surface area contributed by atoms with Crippen LogP contribution in [0.2, 0.25) is 5.02 Å². The van der Waals surface area contributed by atoms with Gasteiger partial charge in [-0.3, -0.25) is 9.59 Å². The summed E-state index contributed by atoms with van der Waals surface area (Å²) in [5.74, 6) is -0.239. The van der Waals surface area contributed by atoms with E-state index >= 15 is 0 Å². The maximum atomic E-state index is 12.4. The molecule has 0 bridgehead atoms. The van der Waals surface area contributed by atoms with Crippen molar-refractivity contribution in [3.63, 3.8) is 0 Å². The van der Waals surface area contributed by atoms with Crippen molar-refractivity contribution in [3.05, 3.63) is 81.2 Å². The molecule has 6 heteroatoms. The minimum Gasteiger partial charge on any atom is -0.350 e. The average molecular weight is 352 g/mol. The van der Waals surface area contributed by atoms with Crippen molar-refractivity contribution < 1.29 is 4.79 Å². The van der Waals surface area contributed by atoms with Crippen LogP contribution in [0.4, 0.5) is 0 Å². The first-order valence-corrected chi connectivity index (χ1v) is 8.15. The number of rotatable bonds is 3. The Labute approximate surface area is 147 Å². The fourth-order valence-corrected chi connectivity index (χ4v) is 3.09. The van der Waals surface area contributed by atoms with Crippen LogP contribution in [0.1, 0.15) is 16.1 Å². The number of aromatic nitrogens is 2. The molecule has 5 nitrogen and oxygen atoms in total. The van der Waals surface area contributed by atoms with Crippen LogP contribution in [0.25, 0.3) is 21.8 Å². The molecule has 4 aromatic rings. The van der Waals surface area contributed by atoms with Crippen LogP contribution >= 0.6 is 11.6 Å². The Bertz CT molecular complexity index is 1160. The third-order valence-corrected chi connectivity index (χ3v) is 4.34. The Balaban J connectivity index is 1.60. The Morgan fingerprint density at radius 1 is 1.00 bits per heavy atom. The van der Waals surface area contributed by atoms with Crippen molar-refractivity contribution in [1.29, 1.82) is 0 Å². The SMILES string of the molecule is O=C(NCc1cc(=O)[nH]c2ccccc12)c1cc2ccc(Cl)cc2[nH]1. The van der Waals surface area contributed by atoms with Gasteiger partial charge in [0.1, 0.15) is 5.69 Å². The van der Waals surface area contributed by atoms with Gasteiger partial charge in [0.05, 0.1) is 0 Å². The van der Waals surface area contributed by atoms with Gasteiger partial charge >= 0.3 is 0 Å². The zero-order chi connectivity index (χ0) is 17.4. The Hall–Kier alpha value is -3.05. The van der Waals surface area contributed by atoms with Gasteiger partial charge in [-0.25, -0.2) is 0 Å². The number of halogens is 1. The van der Waals surface area contributed by atoms with E-state index in [0.717, 1.165) is 27.4 Å². The molecule has 2 aromatic carbocycles. The van der Waals surface area contributed by atoms with E-state index in [1.807, 2.05) is 30.3 Å². The summed E-state index contributed by atoms with van der Waals surface area (Å²) in [6.45, 7) is 0.263. The molecule has 3 N–H and O–H groups in total. The summed E-state index contributed by atoms with van der Waals surface area (Å²) in [6.07, 6.45) is 0. The minimum absolute atomic E-state index is 0.191. The van der Waals surface area contributed by atoms with E-state index in [9.17, 15) is 9.59 Å². The summed E-state index contributed by atoms with van der Waals surface area (Å²) in [5, 5.41) is 5.28. The standard InChI is InChI=1S/C19H14ClN3O2/c20-13-6-5-11-7-17(22-16(11)9-13)19(25)21-10-12-8-18(24)23-15-4-2-1-3-14(12)15/h1-9,22H,10H2,(H,21,25)(H,23,24). The van der Waals surface area contributed by atoms with E-state index in [4.69, 9.17) is 11.6 Å². The van der Waals surface area contributed by atoms with Crippen LogP contribution in [-0.2, 0) is 6.54 Å². The first kappa shape index (κ1) is 15.5. The highest BCUT2D eigenvalue weighted by atomic mass is 35.5. The lowest BCUT2D eigenvalue weighted by Gasteiger charge is -2.07. The first-order valence-electron chi connectivity index (χ1n) is 7.77. The fourth-order valence-electron chi connectivity index (χ4n) is 2.92. The van der Waals surface area contributed by atoms with Gasteiger partial charge < -0.3 is 15.3 Å². The summed E-state index contributed by atoms with van der Waals surface area (Å²) in [4.78, 5) is 30.1. The number of nitrogens with one attached hydrogen (secondary N) is 3. The monoisotopic (exact) mass is 351 g/mol. The third-order valence-electron chi connectivity index (χ3n) is 4.10. The van der Waals surface area contributed by atoms with Crippen molar-refractivity contribution in [2.45, 2.75) is 6.54 Å². The second kappa shape index (κ2) is 6.11. The van der Waals surface area contributed by atoms with E-state index in [2.05, 4.69) is 15.3 Å². The van der Waals surface area contributed by atoms with Crippen LogP contribution in [0, 0.1) is 0 Å². The lowest BCUT2D eigenvalue weighted by molar-refractivity contribution is 0.0947. The number of amides is 1. The quantitative estimate of drug-likeness (QED) is 0.527. The lowest BCUT2D eigenvalue weighted by atomic mass is 10.1. The van der Waals surface area contributed by atoms with Gasteiger partial charge in [0.2, 0.25) is 5.56 Å². The number of pyridine rings is 1. The molecule has 0 fully saturated rings. The van der Waals surface area contributed by atoms with Crippen molar-refractivity contribution >= 4 is 39.3 Å². The molecule has 0 aliphatic heterocycles. The molecule has 0 unspecified atom stereocenters. The first-order chi connectivity index (χ1) is 12.1. The minimum atomic E-state index is -0.239. The Kier molecular flexibility index (Phi) is 3.78. The number of hydrogen-bond donors (Lipinski definition) is 3. The van der Waals surface area contributed by atoms with Crippen LogP contribution in [0.3, 0.4) is 0 Å². The summed E-state index contributed by atoms with van der Waals surface area (Å²) in [7, 11) is 0. The molecule has 0 radical (unpaired) electrons. The predicted molar refractivity (Wildman–Crippen MR) is 99.0 cm³/mol. The van der Waals surface area contributed by atoms with Crippen molar-refractivity contribution in [3.8, 4) is 0 Å². The zero-order valence-electron chi connectivity index (χ0n) is 13.1. The van der Waals surface area contributed by atoms with E-state index in [1.54, 1.807) is 18.2 Å². The van der Waals surface area contributed by atoms with E-state index in [0.29, 0.717) is 10.7 Å². The molecular weight excluding hydrogens is 338 g/mol. The molecule has 0 spiro atoms. The molecule has 0 atom stereocenters. The maximum absolute atomic E-state index is 12.4. The van der Waals surface area contributed by atoms with Crippen LogP contribution < -0.4 is 10.9 Å². The second-order valence-electron chi connectivity index (χ2n) is 5.80. The van der Waals surface area contributed by atoms with Gasteiger partial charge in [0.15, 0.2) is 0 Å². The molecule has 0 aliphatic rings. The van der Waals surface area contributed by atoms with Crippen LogP contribution in [0.5, 0.6) is 0 Å².